The lowest BCUT2D eigenvalue weighted by Crippen LogP contribution is -2.55. The number of thiazole rings is 1. The van der Waals surface area contributed by atoms with Gasteiger partial charge >= 0.3 is 6.03 Å². The maximum atomic E-state index is 13.4. The van der Waals surface area contributed by atoms with E-state index in [2.05, 4.69) is 32.0 Å². The normalized spacial score (nSPS) is 23.7. The number of carbonyl (C=O) groups is 2. The van der Waals surface area contributed by atoms with Gasteiger partial charge in [0.2, 0.25) is 0 Å². The summed E-state index contributed by atoms with van der Waals surface area (Å²) in [4.78, 5) is 35.3. The number of likely N-dealkylation sites (tertiary alicyclic amines) is 1. The highest BCUT2D eigenvalue weighted by Crippen LogP contribution is 2.36. The molecule has 0 bridgehead atoms. The zero-order valence-corrected chi connectivity index (χ0v) is 18.7. The van der Waals surface area contributed by atoms with E-state index >= 15 is 0 Å². The maximum absolute atomic E-state index is 13.4. The Kier molecular flexibility index (Phi) is 6.03. The number of aryl methyl sites for hydroxylation is 1. The minimum atomic E-state index is -0.742. The number of thiophene rings is 1. The van der Waals surface area contributed by atoms with Crippen molar-refractivity contribution in [3.63, 3.8) is 0 Å². The third-order valence-corrected chi connectivity index (χ3v) is 8.16. The Hall–Kier alpha value is -1.77. The second kappa shape index (κ2) is 8.53. The highest BCUT2D eigenvalue weighted by atomic mass is 32.1. The second-order valence-corrected chi connectivity index (χ2v) is 9.72. The van der Waals surface area contributed by atoms with E-state index in [0.717, 1.165) is 43.0 Å². The monoisotopic (exact) mass is 432 g/mol. The lowest BCUT2D eigenvalue weighted by molar-refractivity contribution is -0.134. The predicted molar refractivity (Wildman–Crippen MR) is 116 cm³/mol. The van der Waals surface area contributed by atoms with E-state index in [0.29, 0.717) is 19.4 Å². The van der Waals surface area contributed by atoms with Crippen molar-refractivity contribution in [2.75, 3.05) is 19.6 Å². The second-order valence-electron chi connectivity index (χ2n) is 8.00. The van der Waals surface area contributed by atoms with Gasteiger partial charge in [0.05, 0.1) is 11.2 Å². The lowest BCUT2D eigenvalue weighted by Gasteiger charge is -2.40. The molecule has 2 fully saturated rings. The average molecular weight is 433 g/mol. The van der Waals surface area contributed by atoms with E-state index in [1.807, 2.05) is 19.4 Å². The van der Waals surface area contributed by atoms with Gasteiger partial charge in [-0.2, -0.15) is 11.3 Å². The molecule has 0 aliphatic carbocycles. The number of nitrogens with zero attached hydrogens (tertiary/aromatic N) is 3. The third kappa shape index (κ3) is 3.98. The highest BCUT2D eigenvalue weighted by Gasteiger charge is 2.54. The van der Waals surface area contributed by atoms with Gasteiger partial charge in [0.1, 0.15) is 5.54 Å². The standard InChI is InChI=1S/C21H28N4O2S2/c1-3-21(17-4-8-24(9-5-17)12-16-7-11-28-13-16)19(26)25(20(27)23-21)10-6-18-15(2)22-14-29-18/h7,11,13-14,17H,3-6,8-10,12H2,1-2H3,(H,23,27). The fourth-order valence-electron chi connectivity index (χ4n) is 4.66. The first-order chi connectivity index (χ1) is 14.0. The Bertz CT molecular complexity index is 858. The summed E-state index contributed by atoms with van der Waals surface area (Å²) < 4.78 is 0. The number of imide groups is 1. The number of nitrogens with one attached hydrogen (secondary N) is 1. The van der Waals surface area contributed by atoms with Crippen LogP contribution in [0.2, 0.25) is 0 Å². The molecule has 29 heavy (non-hydrogen) atoms. The molecule has 0 spiro atoms. The molecule has 3 amide bonds. The van der Waals surface area contributed by atoms with E-state index < -0.39 is 5.54 Å². The van der Waals surface area contributed by atoms with Crippen LogP contribution in [0.4, 0.5) is 4.79 Å². The number of carbonyl (C=O) groups excluding carboxylic acids is 2. The molecule has 2 aliphatic heterocycles. The molecule has 2 saturated heterocycles. The van der Waals surface area contributed by atoms with Crippen molar-refractivity contribution in [2.45, 2.75) is 51.6 Å². The molecule has 1 atom stereocenters. The predicted octanol–water partition coefficient (Wildman–Crippen LogP) is 3.67. The van der Waals surface area contributed by atoms with Crippen LogP contribution in [0.15, 0.2) is 22.3 Å². The minimum absolute atomic E-state index is 0.0385. The van der Waals surface area contributed by atoms with Crippen LogP contribution in [0.3, 0.4) is 0 Å². The molecule has 2 aromatic heterocycles. The Morgan fingerprint density at radius 3 is 2.72 bits per heavy atom. The molecule has 6 nitrogen and oxygen atoms in total. The van der Waals surface area contributed by atoms with Crippen LogP contribution in [0.1, 0.15) is 42.3 Å². The summed E-state index contributed by atoms with van der Waals surface area (Å²) in [7, 11) is 0. The summed E-state index contributed by atoms with van der Waals surface area (Å²) in [5.41, 5.74) is 3.42. The van der Waals surface area contributed by atoms with Gasteiger partial charge in [0, 0.05) is 24.4 Å². The fourth-order valence-corrected chi connectivity index (χ4v) is 6.09. The van der Waals surface area contributed by atoms with Gasteiger partial charge in [-0.15, -0.1) is 11.3 Å². The van der Waals surface area contributed by atoms with Crippen molar-refractivity contribution < 1.29 is 9.59 Å². The summed E-state index contributed by atoms with van der Waals surface area (Å²) in [6.45, 7) is 7.31. The molecule has 2 aliphatic rings. The summed E-state index contributed by atoms with van der Waals surface area (Å²) in [5, 5.41) is 7.41. The van der Waals surface area contributed by atoms with E-state index in [9.17, 15) is 9.59 Å². The third-order valence-electron chi connectivity index (χ3n) is 6.44. The van der Waals surface area contributed by atoms with Crippen LogP contribution < -0.4 is 5.32 Å². The summed E-state index contributed by atoms with van der Waals surface area (Å²) in [6.07, 6.45) is 3.19. The van der Waals surface area contributed by atoms with Gasteiger partial charge in [-0.05, 0) is 67.6 Å². The molecular weight excluding hydrogens is 404 g/mol. The van der Waals surface area contributed by atoms with Crippen molar-refractivity contribution in [3.8, 4) is 0 Å². The number of aromatic nitrogens is 1. The van der Waals surface area contributed by atoms with Crippen molar-refractivity contribution in [2.24, 2.45) is 5.92 Å². The molecule has 156 valence electrons. The van der Waals surface area contributed by atoms with Crippen LogP contribution in [0, 0.1) is 12.8 Å². The van der Waals surface area contributed by atoms with Crippen LogP contribution in [-0.4, -0.2) is 51.9 Å². The summed E-state index contributed by atoms with van der Waals surface area (Å²) in [6, 6.07) is 1.94. The fraction of sp³-hybridized carbons (Fsp3) is 0.571. The molecule has 1 N–H and O–H groups in total. The largest absolute Gasteiger partial charge is 0.325 e. The van der Waals surface area contributed by atoms with E-state index in [1.54, 1.807) is 22.7 Å². The van der Waals surface area contributed by atoms with Crippen LogP contribution >= 0.6 is 22.7 Å². The van der Waals surface area contributed by atoms with E-state index in [1.165, 1.54) is 10.5 Å². The number of urea groups is 1. The number of hydrogen-bond acceptors (Lipinski definition) is 6. The van der Waals surface area contributed by atoms with Crippen molar-refractivity contribution in [1.82, 2.24) is 20.1 Å². The van der Waals surface area contributed by atoms with Gasteiger partial charge in [-0.1, -0.05) is 6.92 Å². The Balaban J connectivity index is 1.40. The van der Waals surface area contributed by atoms with E-state index in [4.69, 9.17) is 0 Å². The van der Waals surface area contributed by atoms with Crippen molar-refractivity contribution >= 4 is 34.6 Å². The number of hydrogen-bond donors (Lipinski definition) is 1. The molecular formula is C21H28N4O2S2. The quantitative estimate of drug-likeness (QED) is 0.678. The molecule has 0 aromatic carbocycles. The van der Waals surface area contributed by atoms with Crippen LogP contribution in [-0.2, 0) is 17.8 Å². The Morgan fingerprint density at radius 1 is 1.31 bits per heavy atom. The number of amides is 3. The van der Waals surface area contributed by atoms with Gasteiger partial charge in [0.15, 0.2) is 0 Å². The van der Waals surface area contributed by atoms with Gasteiger partial charge in [0.25, 0.3) is 5.91 Å². The van der Waals surface area contributed by atoms with Crippen molar-refractivity contribution in [3.05, 3.63) is 38.5 Å². The number of rotatable bonds is 7. The highest BCUT2D eigenvalue weighted by molar-refractivity contribution is 7.09. The smallest absolute Gasteiger partial charge is 0.323 e. The summed E-state index contributed by atoms with van der Waals surface area (Å²) >= 11 is 3.31. The maximum Gasteiger partial charge on any atom is 0.325 e. The first kappa shape index (κ1) is 20.5. The SMILES string of the molecule is CCC1(C2CCN(Cc3ccsc3)CC2)NC(=O)N(CCc2scnc2C)C1=O. The van der Waals surface area contributed by atoms with Crippen LogP contribution in [0.5, 0.6) is 0 Å². The zero-order chi connectivity index (χ0) is 20.4. The number of piperidine rings is 1. The molecule has 8 heteroatoms. The van der Waals surface area contributed by atoms with Gasteiger partial charge < -0.3 is 5.32 Å². The first-order valence-electron chi connectivity index (χ1n) is 10.3. The van der Waals surface area contributed by atoms with Crippen LogP contribution in [0.25, 0.3) is 0 Å². The lowest BCUT2D eigenvalue weighted by atomic mass is 9.75. The van der Waals surface area contributed by atoms with E-state index in [-0.39, 0.29) is 17.9 Å². The molecule has 4 rings (SSSR count). The first-order valence-corrected chi connectivity index (χ1v) is 12.1. The zero-order valence-electron chi connectivity index (χ0n) is 17.0. The molecule has 1 unspecified atom stereocenters. The molecule has 2 aromatic rings. The van der Waals surface area contributed by atoms with Gasteiger partial charge in [-0.25, -0.2) is 9.78 Å². The molecule has 0 saturated carbocycles. The minimum Gasteiger partial charge on any atom is -0.323 e. The summed E-state index contributed by atoms with van der Waals surface area (Å²) in [5.74, 6) is 0.154. The Morgan fingerprint density at radius 2 is 2.10 bits per heavy atom. The Labute approximate surface area is 179 Å². The average Bonchev–Trinajstić information content (AvgIpc) is 3.43. The van der Waals surface area contributed by atoms with Gasteiger partial charge in [-0.3, -0.25) is 14.6 Å². The molecule has 4 heterocycles. The molecule has 0 radical (unpaired) electrons. The topological polar surface area (TPSA) is 65.5 Å². The van der Waals surface area contributed by atoms with Crippen molar-refractivity contribution in [1.29, 1.82) is 0 Å².